The van der Waals surface area contributed by atoms with Crippen molar-refractivity contribution in [3.8, 4) is 0 Å². The smallest absolute Gasteiger partial charge is 0.00229 e. The van der Waals surface area contributed by atoms with Gasteiger partial charge >= 0.3 is 0 Å². The summed E-state index contributed by atoms with van der Waals surface area (Å²) < 4.78 is 0. The zero-order valence-corrected chi connectivity index (χ0v) is 8.98. The Hall–Kier alpha value is -0.0400. The molecule has 2 atom stereocenters. The van der Waals surface area contributed by atoms with Crippen LogP contribution in [0.2, 0.25) is 0 Å². The van der Waals surface area contributed by atoms with Crippen LogP contribution in [0.1, 0.15) is 47.0 Å². The molecule has 0 aromatic rings. The summed E-state index contributed by atoms with van der Waals surface area (Å²) in [6.45, 7) is 10.3. The van der Waals surface area contributed by atoms with E-state index in [1.54, 1.807) is 0 Å². The molecule has 0 amide bonds. The fraction of sp³-hybridized carbons (Fsp3) is 1.00. The second-order valence-electron chi connectivity index (χ2n) is 5.87. The molecule has 12 heavy (non-hydrogen) atoms. The molecule has 0 saturated heterocycles. The summed E-state index contributed by atoms with van der Waals surface area (Å²) in [6, 6.07) is 0. The molecule has 0 aromatic heterocycles. The maximum Gasteiger partial charge on any atom is -0.00229 e. The minimum atomic E-state index is 0.404. The van der Waals surface area contributed by atoms with E-state index < -0.39 is 0 Å². The highest BCUT2D eigenvalue weighted by Gasteiger charge is 2.38. The zero-order chi connectivity index (χ0) is 9.41. The summed E-state index contributed by atoms with van der Waals surface area (Å²) in [7, 11) is 0. The lowest BCUT2D eigenvalue weighted by Gasteiger charge is -2.45. The van der Waals surface area contributed by atoms with Gasteiger partial charge in [0.15, 0.2) is 0 Å². The fourth-order valence-electron chi connectivity index (χ4n) is 3.31. The average Bonchev–Trinajstić information content (AvgIpc) is 1.82. The van der Waals surface area contributed by atoms with Gasteiger partial charge in [-0.3, -0.25) is 0 Å². The van der Waals surface area contributed by atoms with Gasteiger partial charge in [0.2, 0.25) is 0 Å². The molecule has 0 aliphatic heterocycles. The van der Waals surface area contributed by atoms with Gasteiger partial charge in [-0.05, 0) is 42.6 Å². The summed E-state index contributed by atoms with van der Waals surface area (Å²) in [5, 5.41) is 0. The molecule has 1 saturated carbocycles. The van der Waals surface area contributed by atoms with Gasteiger partial charge in [0.25, 0.3) is 0 Å². The van der Waals surface area contributed by atoms with Crippen LogP contribution in [0, 0.1) is 16.7 Å². The van der Waals surface area contributed by atoms with Crippen LogP contribution in [0.4, 0.5) is 0 Å². The third-order valence-electron chi connectivity index (χ3n) is 3.14. The average molecular weight is 169 g/mol. The maximum atomic E-state index is 5.82. The molecule has 0 unspecified atom stereocenters. The molecule has 1 heteroatoms. The van der Waals surface area contributed by atoms with Crippen molar-refractivity contribution in [2.24, 2.45) is 22.5 Å². The molecular formula is C11H23N. The van der Waals surface area contributed by atoms with E-state index in [1.807, 2.05) is 0 Å². The maximum absolute atomic E-state index is 5.82. The van der Waals surface area contributed by atoms with Crippen LogP contribution in [-0.2, 0) is 0 Å². The van der Waals surface area contributed by atoms with Crippen molar-refractivity contribution in [3.05, 3.63) is 0 Å². The summed E-state index contributed by atoms with van der Waals surface area (Å²) in [5.74, 6) is 0.849. The van der Waals surface area contributed by atoms with Gasteiger partial charge < -0.3 is 5.73 Å². The van der Waals surface area contributed by atoms with E-state index in [2.05, 4.69) is 27.7 Å². The lowest BCUT2D eigenvalue weighted by molar-refractivity contribution is 0.0676. The van der Waals surface area contributed by atoms with E-state index in [1.165, 1.54) is 19.3 Å². The van der Waals surface area contributed by atoms with Crippen LogP contribution in [0.5, 0.6) is 0 Å². The molecular weight excluding hydrogens is 146 g/mol. The van der Waals surface area contributed by atoms with Crippen LogP contribution in [0.15, 0.2) is 0 Å². The van der Waals surface area contributed by atoms with Crippen molar-refractivity contribution in [1.29, 1.82) is 0 Å². The third kappa shape index (κ3) is 2.22. The Labute approximate surface area is 76.7 Å². The first-order chi connectivity index (χ1) is 5.37. The van der Waals surface area contributed by atoms with E-state index in [0.717, 1.165) is 12.5 Å². The molecule has 1 fully saturated rings. The molecule has 1 aliphatic carbocycles. The molecule has 1 rings (SSSR count). The summed E-state index contributed by atoms with van der Waals surface area (Å²) in [6.07, 6.45) is 3.97. The van der Waals surface area contributed by atoms with Gasteiger partial charge in [0.1, 0.15) is 0 Å². The molecule has 0 bridgehead atoms. The van der Waals surface area contributed by atoms with E-state index in [4.69, 9.17) is 5.73 Å². The van der Waals surface area contributed by atoms with Gasteiger partial charge in [0, 0.05) is 0 Å². The lowest BCUT2D eigenvalue weighted by Crippen LogP contribution is -2.39. The van der Waals surface area contributed by atoms with Gasteiger partial charge in [-0.2, -0.15) is 0 Å². The molecule has 0 spiro atoms. The quantitative estimate of drug-likeness (QED) is 0.642. The van der Waals surface area contributed by atoms with Crippen molar-refractivity contribution >= 4 is 0 Å². The first kappa shape index (κ1) is 10.0. The Morgan fingerprint density at radius 2 is 1.83 bits per heavy atom. The van der Waals surface area contributed by atoms with Gasteiger partial charge in [-0.1, -0.05) is 27.7 Å². The number of hydrogen-bond donors (Lipinski definition) is 1. The molecule has 0 heterocycles. The van der Waals surface area contributed by atoms with E-state index in [9.17, 15) is 0 Å². The lowest BCUT2D eigenvalue weighted by atomic mass is 9.61. The van der Waals surface area contributed by atoms with Crippen LogP contribution in [0.25, 0.3) is 0 Å². The topological polar surface area (TPSA) is 26.0 Å². The minimum absolute atomic E-state index is 0.404. The highest BCUT2D eigenvalue weighted by Crippen LogP contribution is 2.47. The van der Waals surface area contributed by atoms with Crippen LogP contribution in [-0.4, -0.2) is 6.54 Å². The molecule has 72 valence electrons. The van der Waals surface area contributed by atoms with Crippen LogP contribution < -0.4 is 5.73 Å². The minimum Gasteiger partial charge on any atom is -0.330 e. The highest BCUT2D eigenvalue weighted by molar-refractivity contribution is 4.90. The SMILES string of the molecule is C[C@@H]1CC(C)(C)C[C@@](C)(CN)C1. The van der Waals surface area contributed by atoms with Crippen molar-refractivity contribution in [3.63, 3.8) is 0 Å². The van der Waals surface area contributed by atoms with Crippen molar-refractivity contribution in [1.82, 2.24) is 0 Å². The molecule has 1 aliphatic rings. The van der Waals surface area contributed by atoms with Crippen molar-refractivity contribution in [2.75, 3.05) is 6.54 Å². The van der Waals surface area contributed by atoms with Gasteiger partial charge in [-0.25, -0.2) is 0 Å². The Morgan fingerprint density at radius 1 is 1.25 bits per heavy atom. The first-order valence-electron chi connectivity index (χ1n) is 5.07. The Morgan fingerprint density at radius 3 is 2.25 bits per heavy atom. The number of hydrogen-bond acceptors (Lipinski definition) is 1. The van der Waals surface area contributed by atoms with E-state index in [0.29, 0.717) is 10.8 Å². The largest absolute Gasteiger partial charge is 0.330 e. The summed E-state index contributed by atoms with van der Waals surface area (Å²) >= 11 is 0. The van der Waals surface area contributed by atoms with Crippen LogP contribution >= 0.6 is 0 Å². The molecule has 2 N–H and O–H groups in total. The standard InChI is InChI=1S/C11H23N/c1-9-5-10(2,3)7-11(4,6-9)8-12/h9H,5-8,12H2,1-4H3/t9-,11+/m1/s1. The predicted molar refractivity (Wildman–Crippen MR) is 54.0 cm³/mol. The number of nitrogens with two attached hydrogens (primary N) is 1. The fourth-order valence-corrected chi connectivity index (χ4v) is 3.31. The zero-order valence-electron chi connectivity index (χ0n) is 8.98. The van der Waals surface area contributed by atoms with E-state index >= 15 is 0 Å². The highest BCUT2D eigenvalue weighted by atomic mass is 14.6. The van der Waals surface area contributed by atoms with Crippen LogP contribution in [0.3, 0.4) is 0 Å². The van der Waals surface area contributed by atoms with Gasteiger partial charge in [-0.15, -0.1) is 0 Å². The second kappa shape index (κ2) is 3.02. The third-order valence-corrected chi connectivity index (χ3v) is 3.14. The van der Waals surface area contributed by atoms with Gasteiger partial charge in [0.05, 0.1) is 0 Å². The van der Waals surface area contributed by atoms with Crippen molar-refractivity contribution in [2.45, 2.75) is 47.0 Å². The molecule has 0 radical (unpaired) electrons. The van der Waals surface area contributed by atoms with Crippen molar-refractivity contribution < 1.29 is 0 Å². The monoisotopic (exact) mass is 169 g/mol. The predicted octanol–water partition coefficient (Wildman–Crippen LogP) is 2.80. The van der Waals surface area contributed by atoms with E-state index in [-0.39, 0.29) is 0 Å². The Kier molecular flexibility index (Phi) is 2.53. The number of rotatable bonds is 1. The Balaban J connectivity index is 2.70. The molecule has 1 nitrogen and oxygen atoms in total. The summed E-state index contributed by atoms with van der Waals surface area (Å²) in [4.78, 5) is 0. The second-order valence-corrected chi connectivity index (χ2v) is 5.87. The summed E-state index contributed by atoms with van der Waals surface area (Å²) in [5.41, 5.74) is 6.73. The first-order valence-corrected chi connectivity index (χ1v) is 5.07. The molecule has 0 aromatic carbocycles. The Bertz CT molecular complexity index is 162. The normalized spacial score (nSPS) is 41.2.